The smallest absolute Gasteiger partial charge is 0.200 e. The maximum absolute atomic E-state index is 13.2. The maximum atomic E-state index is 13.2. The van der Waals surface area contributed by atoms with Crippen LogP contribution in [0, 0.1) is 0 Å². The van der Waals surface area contributed by atoms with Crippen LogP contribution < -0.4 is 10.2 Å². The van der Waals surface area contributed by atoms with Crippen molar-refractivity contribution >= 4 is 32.7 Å². The molecule has 0 radical (unpaired) electrons. The van der Waals surface area contributed by atoms with Gasteiger partial charge in [0.25, 0.3) is 0 Å². The van der Waals surface area contributed by atoms with Crippen LogP contribution >= 0.6 is 0 Å². The number of fused-ring (bicyclic) bond motifs is 4. The molecule has 4 aromatic carbocycles. The first-order chi connectivity index (χ1) is 13.3. The van der Waals surface area contributed by atoms with Crippen LogP contribution in [0.4, 0.5) is 0 Å². The van der Waals surface area contributed by atoms with Gasteiger partial charge in [0.15, 0.2) is 0 Å². The first-order valence-electron chi connectivity index (χ1n) is 8.78. The first-order valence-corrected chi connectivity index (χ1v) is 8.78. The van der Waals surface area contributed by atoms with Crippen molar-refractivity contribution in [2.45, 2.75) is 0 Å². The number of ether oxygens (including phenoxy) is 1. The summed E-state index contributed by atoms with van der Waals surface area (Å²) in [5.41, 5.74) is 3.22. The van der Waals surface area contributed by atoms with Crippen LogP contribution in [0.3, 0.4) is 0 Å². The summed E-state index contributed by atoms with van der Waals surface area (Å²) in [6.45, 7) is 0. The Bertz CT molecular complexity index is 1370. The molecule has 5 aromatic rings. The molecular weight excluding hydrogens is 336 g/mol. The van der Waals surface area contributed by atoms with Crippen LogP contribution in [-0.2, 0) is 0 Å². The van der Waals surface area contributed by atoms with Crippen LogP contribution in [0.25, 0.3) is 43.8 Å². The lowest BCUT2D eigenvalue weighted by atomic mass is 9.95. The molecule has 27 heavy (non-hydrogen) atoms. The number of benzene rings is 4. The summed E-state index contributed by atoms with van der Waals surface area (Å²) in [6.07, 6.45) is 0. The van der Waals surface area contributed by atoms with Crippen molar-refractivity contribution in [2.75, 3.05) is 7.11 Å². The Kier molecular flexibility index (Phi) is 3.47. The summed E-state index contributed by atoms with van der Waals surface area (Å²) >= 11 is 0. The van der Waals surface area contributed by atoms with E-state index in [-0.39, 0.29) is 5.43 Å². The molecule has 0 spiro atoms. The predicted octanol–water partition coefficient (Wildman–Crippen LogP) is 5.78. The summed E-state index contributed by atoms with van der Waals surface area (Å²) in [4.78, 5) is 13.2. The molecule has 0 saturated heterocycles. The average molecular weight is 352 g/mol. The molecule has 0 atom stereocenters. The molecule has 0 aliphatic carbocycles. The van der Waals surface area contributed by atoms with Gasteiger partial charge in [-0.2, -0.15) is 0 Å². The van der Waals surface area contributed by atoms with Crippen molar-refractivity contribution < 1.29 is 9.15 Å². The molecule has 0 saturated carbocycles. The monoisotopic (exact) mass is 352 g/mol. The van der Waals surface area contributed by atoms with Gasteiger partial charge in [0.2, 0.25) is 5.43 Å². The number of hydrogen-bond donors (Lipinski definition) is 0. The van der Waals surface area contributed by atoms with E-state index in [9.17, 15) is 4.79 Å². The minimum atomic E-state index is -0.0123. The molecule has 0 fully saturated rings. The summed E-state index contributed by atoms with van der Waals surface area (Å²) in [5.74, 6) is 0.766. The first kappa shape index (κ1) is 15.6. The van der Waals surface area contributed by atoms with Gasteiger partial charge in [-0.05, 0) is 52.9 Å². The quantitative estimate of drug-likeness (QED) is 0.299. The van der Waals surface area contributed by atoms with E-state index in [1.165, 1.54) is 0 Å². The second kappa shape index (κ2) is 5.99. The van der Waals surface area contributed by atoms with Gasteiger partial charge in [-0.3, -0.25) is 4.79 Å². The van der Waals surface area contributed by atoms with Crippen LogP contribution in [0.2, 0.25) is 0 Å². The minimum absolute atomic E-state index is 0.0123. The van der Waals surface area contributed by atoms with Crippen molar-refractivity contribution in [3.8, 4) is 16.9 Å². The predicted molar refractivity (Wildman–Crippen MR) is 109 cm³/mol. The molecule has 0 N–H and O–H groups in total. The van der Waals surface area contributed by atoms with Gasteiger partial charge in [-0.25, -0.2) is 0 Å². The van der Waals surface area contributed by atoms with Gasteiger partial charge < -0.3 is 9.15 Å². The van der Waals surface area contributed by atoms with Crippen molar-refractivity contribution in [3.63, 3.8) is 0 Å². The highest BCUT2D eigenvalue weighted by Gasteiger charge is 2.15. The van der Waals surface area contributed by atoms with Gasteiger partial charge >= 0.3 is 0 Å². The number of para-hydroxylation sites is 1. The lowest BCUT2D eigenvalue weighted by Gasteiger charge is -2.12. The van der Waals surface area contributed by atoms with Crippen molar-refractivity contribution in [2.24, 2.45) is 0 Å². The van der Waals surface area contributed by atoms with E-state index in [1.54, 1.807) is 13.2 Å². The normalized spacial score (nSPS) is 11.3. The second-order valence-electron chi connectivity index (χ2n) is 6.51. The summed E-state index contributed by atoms with van der Waals surface area (Å²) in [5, 5.41) is 3.07. The highest BCUT2D eigenvalue weighted by Crippen LogP contribution is 2.36. The molecule has 0 aliphatic rings. The van der Waals surface area contributed by atoms with E-state index in [1.807, 2.05) is 72.8 Å². The fourth-order valence-electron chi connectivity index (χ4n) is 3.64. The Morgan fingerprint density at radius 3 is 2.33 bits per heavy atom. The van der Waals surface area contributed by atoms with E-state index in [0.29, 0.717) is 21.9 Å². The van der Waals surface area contributed by atoms with Gasteiger partial charge in [-0.1, -0.05) is 42.5 Å². The Hall–Kier alpha value is -3.59. The topological polar surface area (TPSA) is 39.4 Å². The molecule has 130 valence electrons. The van der Waals surface area contributed by atoms with Crippen LogP contribution in [0.5, 0.6) is 5.75 Å². The summed E-state index contributed by atoms with van der Waals surface area (Å²) < 4.78 is 11.6. The number of hydrogen-bond acceptors (Lipinski definition) is 3. The zero-order valence-electron chi connectivity index (χ0n) is 14.7. The molecule has 0 bridgehead atoms. The Labute approximate surface area is 155 Å². The largest absolute Gasteiger partial charge is 0.497 e. The van der Waals surface area contributed by atoms with E-state index < -0.39 is 0 Å². The third-order valence-electron chi connectivity index (χ3n) is 4.97. The molecule has 3 nitrogen and oxygen atoms in total. The van der Waals surface area contributed by atoms with E-state index >= 15 is 0 Å². The van der Waals surface area contributed by atoms with E-state index in [4.69, 9.17) is 9.15 Å². The lowest BCUT2D eigenvalue weighted by Crippen LogP contribution is -2.03. The Morgan fingerprint density at radius 1 is 0.741 bits per heavy atom. The molecule has 1 heterocycles. The lowest BCUT2D eigenvalue weighted by molar-refractivity contribution is 0.415. The molecule has 3 heteroatoms. The molecule has 0 unspecified atom stereocenters. The summed E-state index contributed by atoms with van der Waals surface area (Å²) in [6, 6.07) is 25.2. The van der Waals surface area contributed by atoms with Gasteiger partial charge in [0, 0.05) is 5.39 Å². The third kappa shape index (κ3) is 2.40. The van der Waals surface area contributed by atoms with Gasteiger partial charge in [0.1, 0.15) is 16.9 Å². The number of rotatable bonds is 2. The third-order valence-corrected chi connectivity index (χ3v) is 4.97. The number of methoxy groups -OCH3 is 1. The molecule has 5 rings (SSSR count). The fraction of sp³-hybridized carbons (Fsp3) is 0.0417. The van der Waals surface area contributed by atoms with Crippen molar-refractivity contribution in [1.29, 1.82) is 0 Å². The Morgan fingerprint density at radius 2 is 1.52 bits per heavy atom. The molecule has 0 aliphatic heterocycles. The van der Waals surface area contributed by atoms with E-state index in [0.717, 1.165) is 27.6 Å². The SMILES string of the molecule is COc1ccc2c(c1)c(-c1ccccc1)cc1c(=O)c3ccccc3oc12. The van der Waals surface area contributed by atoms with Crippen molar-refractivity contribution in [1.82, 2.24) is 0 Å². The fourth-order valence-corrected chi connectivity index (χ4v) is 3.64. The summed E-state index contributed by atoms with van der Waals surface area (Å²) in [7, 11) is 1.65. The zero-order chi connectivity index (χ0) is 18.4. The maximum Gasteiger partial charge on any atom is 0.200 e. The second-order valence-corrected chi connectivity index (χ2v) is 6.51. The highest BCUT2D eigenvalue weighted by molar-refractivity contribution is 6.13. The van der Waals surface area contributed by atoms with Crippen LogP contribution in [0.15, 0.2) is 88.1 Å². The zero-order valence-corrected chi connectivity index (χ0v) is 14.7. The van der Waals surface area contributed by atoms with Gasteiger partial charge in [-0.15, -0.1) is 0 Å². The molecule has 0 amide bonds. The van der Waals surface area contributed by atoms with Crippen molar-refractivity contribution in [3.05, 3.63) is 89.1 Å². The standard InChI is InChI=1S/C24H16O3/c1-26-16-11-12-17-20(13-16)19(15-7-3-2-4-8-15)14-21-23(25)18-9-5-6-10-22(18)27-24(17)21/h2-14H,1H3. The van der Waals surface area contributed by atoms with Crippen LogP contribution in [-0.4, -0.2) is 7.11 Å². The van der Waals surface area contributed by atoms with Crippen LogP contribution in [0.1, 0.15) is 0 Å². The Balaban J connectivity index is 2.02. The average Bonchev–Trinajstić information content (AvgIpc) is 2.74. The van der Waals surface area contributed by atoms with Gasteiger partial charge in [0.05, 0.1) is 17.9 Å². The highest BCUT2D eigenvalue weighted by atomic mass is 16.5. The minimum Gasteiger partial charge on any atom is -0.497 e. The molecule has 1 aromatic heterocycles. The molecular formula is C24H16O3. The van der Waals surface area contributed by atoms with E-state index in [2.05, 4.69) is 0 Å².